The van der Waals surface area contributed by atoms with Gasteiger partial charge in [-0.25, -0.2) is 0 Å². The van der Waals surface area contributed by atoms with Crippen LogP contribution in [-0.4, -0.2) is 6.54 Å². The molecule has 0 radical (unpaired) electrons. The Bertz CT molecular complexity index is 350. The molecule has 1 rings (SSSR count). The molecule has 1 aromatic rings. The van der Waals surface area contributed by atoms with Gasteiger partial charge in [-0.05, 0) is 49.9 Å². The Morgan fingerprint density at radius 2 is 1.82 bits per heavy atom. The van der Waals surface area contributed by atoms with Crippen molar-refractivity contribution in [2.24, 2.45) is 5.92 Å². The Labute approximate surface area is 115 Å². The first kappa shape index (κ1) is 14.8. The maximum absolute atomic E-state index is 6.00. The summed E-state index contributed by atoms with van der Waals surface area (Å²) in [6.07, 6.45) is 2.48. The normalized spacial score (nSPS) is 13.1. The summed E-state index contributed by atoms with van der Waals surface area (Å²) >= 11 is 11.9. The van der Waals surface area contributed by atoms with Crippen LogP contribution < -0.4 is 5.32 Å². The van der Waals surface area contributed by atoms with E-state index in [0.29, 0.717) is 16.1 Å². The summed E-state index contributed by atoms with van der Waals surface area (Å²) in [6, 6.07) is 6.13. The van der Waals surface area contributed by atoms with E-state index in [-0.39, 0.29) is 0 Å². The molecule has 3 heteroatoms. The van der Waals surface area contributed by atoms with E-state index < -0.39 is 0 Å². The maximum atomic E-state index is 6.00. The molecule has 0 heterocycles. The van der Waals surface area contributed by atoms with Crippen molar-refractivity contribution in [1.82, 2.24) is 5.32 Å². The Kier molecular flexibility index (Phi) is 6.32. The van der Waals surface area contributed by atoms with Gasteiger partial charge in [0, 0.05) is 6.04 Å². The van der Waals surface area contributed by atoms with E-state index in [1.54, 1.807) is 0 Å². The summed E-state index contributed by atoms with van der Waals surface area (Å²) in [5, 5.41) is 4.74. The van der Waals surface area contributed by atoms with Gasteiger partial charge in [0.1, 0.15) is 0 Å². The number of benzene rings is 1. The molecular weight excluding hydrogens is 253 g/mol. The lowest BCUT2D eigenvalue weighted by molar-refractivity contribution is 0.497. The van der Waals surface area contributed by atoms with Gasteiger partial charge in [0.2, 0.25) is 0 Å². The van der Waals surface area contributed by atoms with Gasteiger partial charge >= 0.3 is 0 Å². The Morgan fingerprint density at radius 3 is 2.41 bits per heavy atom. The molecule has 0 aliphatic carbocycles. The van der Waals surface area contributed by atoms with Gasteiger partial charge in [0.25, 0.3) is 0 Å². The summed E-state index contributed by atoms with van der Waals surface area (Å²) in [5.41, 5.74) is 1.18. The number of rotatable bonds is 6. The monoisotopic (exact) mass is 273 g/mol. The zero-order valence-electron chi connectivity index (χ0n) is 10.8. The molecule has 96 valence electrons. The molecule has 1 atom stereocenters. The number of hydrogen-bond donors (Lipinski definition) is 1. The van der Waals surface area contributed by atoms with E-state index in [0.717, 1.165) is 12.5 Å². The highest BCUT2D eigenvalue weighted by Gasteiger charge is 2.06. The van der Waals surface area contributed by atoms with E-state index in [1.165, 1.54) is 18.4 Å². The average Bonchev–Trinajstić information content (AvgIpc) is 2.27. The fourth-order valence-electron chi connectivity index (χ4n) is 1.73. The molecular formula is C14H21Cl2N. The number of halogens is 2. The van der Waals surface area contributed by atoms with Crippen LogP contribution in [0, 0.1) is 5.92 Å². The lowest BCUT2D eigenvalue weighted by Gasteiger charge is -2.15. The molecule has 1 aromatic carbocycles. The largest absolute Gasteiger partial charge is 0.310 e. The van der Waals surface area contributed by atoms with Crippen LogP contribution in [0.25, 0.3) is 0 Å². The first-order valence-electron chi connectivity index (χ1n) is 6.19. The molecule has 0 saturated carbocycles. The second kappa shape index (κ2) is 7.25. The highest BCUT2D eigenvalue weighted by atomic mass is 35.5. The minimum absolute atomic E-state index is 0.317. The van der Waals surface area contributed by atoms with Crippen molar-refractivity contribution in [1.29, 1.82) is 0 Å². The van der Waals surface area contributed by atoms with Crippen LogP contribution in [-0.2, 0) is 0 Å². The molecule has 0 aliphatic heterocycles. The Hall–Kier alpha value is -0.240. The van der Waals surface area contributed by atoms with Gasteiger partial charge < -0.3 is 5.32 Å². The summed E-state index contributed by atoms with van der Waals surface area (Å²) < 4.78 is 0. The third-order valence-electron chi connectivity index (χ3n) is 2.85. The summed E-state index contributed by atoms with van der Waals surface area (Å²) in [7, 11) is 0. The predicted octanol–water partition coefficient (Wildman–Crippen LogP) is 5.08. The van der Waals surface area contributed by atoms with E-state index in [9.17, 15) is 0 Å². The molecule has 0 bridgehead atoms. The average molecular weight is 274 g/mol. The molecule has 0 aliphatic rings. The molecule has 0 aromatic heterocycles. The maximum Gasteiger partial charge on any atom is 0.0595 e. The Morgan fingerprint density at radius 1 is 1.12 bits per heavy atom. The first-order chi connectivity index (χ1) is 8.00. The predicted molar refractivity (Wildman–Crippen MR) is 77.0 cm³/mol. The zero-order chi connectivity index (χ0) is 12.8. The van der Waals surface area contributed by atoms with Crippen LogP contribution in [0.5, 0.6) is 0 Å². The molecule has 1 nitrogen and oxygen atoms in total. The molecule has 1 N–H and O–H groups in total. The van der Waals surface area contributed by atoms with E-state index in [1.807, 2.05) is 18.2 Å². The minimum Gasteiger partial charge on any atom is -0.310 e. The van der Waals surface area contributed by atoms with Crippen molar-refractivity contribution in [3.8, 4) is 0 Å². The molecule has 0 amide bonds. The van der Waals surface area contributed by atoms with Gasteiger partial charge in [-0.15, -0.1) is 0 Å². The summed E-state index contributed by atoms with van der Waals surface area (Å²) in [6.45, 7) is 7.69. The molecule has 0 spiro atoms. The van der Waals surface area contributed by atoms with Crippen molar-refractivity contribution in [2.75, 3.05) is 6.54 Å². The zero-order valence-corrected chi connectivity index (χ0v) is 12.3. The second-order valence-electron chi connectivity index (χ2n) is 4.89. The van der Waals surface area contributed by atoms with E-state index in [2.05, 4.69) is 26.1 Å². The van der Waals surface area contributed by atoms with Gasteiger partial charge in [-0.1, -0.05) is 43.1 Å². The minimum atomic E-state index is 0.317. The van der Waals surface area contributed by atoms with Crippen LogP contribution in [0.15, 0.2) is 18.2 Å². The van der Waals surface area contributed by atoms with E-state index in [4.69, 9.17) is 23.2 Å². The highest BCUT2D eigenvalue weighted by molar-refractivity contribution is 6.42. The fraction of sp³-hybridized carbons (Fsp3) is 0.571. The SMILES string of the molecule is CC(C)CCCNC(C)c1ccc(Cl)c(Cl)c1. The summed E-state index contributed by atoms with van der Waals surface area (Å²) in [4.78, 5) is 0. The molecule has 17 heavy (non-hydrogen) atoms. The second-order valence-corrected chi connectivity index (χ2v) is 5.70. The lowest BCUT2D eigenvalue weighted by atomic mass is 10.1. The summed E-state index contributed by atoms with van der Waals surface area (Å²) in [5.74, 6) is 0.775. The van der Waals surface area contributed by atoms with Gasteiger partial charge in [-0.2, -0.15) is 0 Å². The standard InChI is InChI=1S/C14H21Cl2N/c1-10(2)5-4-8-17-11(3)12-6-7-13(15)14(16)9-12/h6-7,9-11,17H,4-5,8H2,1-3H3. The Balaban J connectivity index is 2.41. The van der Waals surface area contributed by atoms with Gasteiger partial charge in [0.15, 0.2) is 0 Å². The molecule has 0 fully saturated rings. The first-order valence-corrected chi connectivity index (χ1v) is 6.94. The highest BCUT2D eigenvalue weighted by Crippen LogP contribution is 2.25. The van der Waals surface area contributed by atoms with Crippen molar-refractivity contribution in [3.63, 3.8) is 0 Å². The quantitative estimate of drug-likeness (QED) is 0.713. The smallest absolute Gasteiger partial charge is 0.0595 e. The van der Waals surface area contributed by atoms with Gasteiger partial charge in [0.05, 0.1) is 10.0 Å². The van der Waals surface area contributed by atoms with Crippen LogP contribution in [0.3, 0.4) is 0 Å². The fourth-order valence-corrected chi connectivity index (χ4v) is 2.03. The van der Waals surface area contributed by atoms with Crippen LogP contribution in [0.4, 0.5) is 0 Å². The third-order valence-corrected chi connectivity index (χ3v) is 3.59. The van der Waals surface area contributed by atoms with Crippen molar-refractivity contribution in [2.45, 2.75) is 39.7 Å². The van der Waals surface area contributed by atoms with Crippen molar-refractivity contribution in [3.05, 3.63) is 33.8 Å². The van der Waals surface area contributed by atoms with Crippen LogP contribution >= 0.6 is 23.2 Å². The van der Waals surface area contributed by atoms with Crippen molar-refractivity contribution >= 4 is 23.2 Å². The molecule has 0 saturated heterocycles. The number of hydrogen-bond acceptors (Lipinski definition) is 1. The van der Waals surface area contributed by atoms with Crippen molar-refractivity contribution < 1.29 is 0 Å². The van der Waals surface area contributed by atoms with Gasteiger partial charge in [-0.3, -0.25) is 0 Å². The third kappa shape index (κ3) is 5.29. The molecule has 1 unspecified atom stereocenters. The lowest BCUT2D eigenvalue weighted by Crippen LogP contribution is -2.20. The number of nitrogens with one attached hydrogen (secondary N) is 1. The topological polar surface area (TPSA) is 12.0 Å². The van der Waals surface area contributed by atoms with Crippen LogP contribution in [0.1, 0.15) is 45.2 Å². The van der Waals surface area contributed by atoms with E-state index >= 15 is 0 Å². The van der Waals surface area contributed by atoms with Crippen LogP contribution in [0.2, 0.25) is 10.0 Å².